The Morgan fingerprint density at radius 3 is 1.80 bits per heavy atom. The molecule has 9 aromatic carbocycles. The number of ether oxygens (including phenoxy) is 1. The van der Waals surface area contributed by atoms with Gasteiger partial charge in [-0.1, -0.05) is 109 Å². The fourth-order valence-corrected chi connectivity index (χ4v) is 7.56. The number of benzene rings is 9. The molecule has 1 heterocycles. The van der Waals surface area contributed by atoms with Gasteiger partial charge < -0.3 is 4.74 Å². The van der Waals surface area contributed by atoms with Crippen LogP contribution in [-0.2, 0) is 0 Å². The largest absolute Gasteiger partial charge is 0.456 e. The minimum atomic E-state index is 0.664. The zero-order valence-electron chi connectivity index (χ0n) is 24.1. The summed E-state index contributed by atoms with van der Waals surface area (Å²) in [5.74, 6) is 1.63. The summed E-state index contributed by atoms with van der Waals surface area (Å²) >= 11 is 0. The minimum absolute atomic E-state index is 0.664. The Hall–Kier alpha value is -6.17. The molecule has 1 aliphatic heterocycles. The van der Waals surface area contributed by atoms with Gasteiger partial charge in [-0.3, -0.25) is 0 Å². The highest BCUT2D eigenvalue weighted by molar-refractivity contribution is 6.27. The minimum Gasteiger partial charge on any atom is -0.456 e. The van der Waals surface area contributed by atoms with Crippen LogP contribution in [-0.4, -0.2) is 0 Å². The maximum Gasteiger partial charge on any atom is 0.136 e. The fraction of sp³-hybridized carbons (Fsp3) is 0. The van der Waals surface area contributed by atoms with Crippen LogP contribution in [0.1, 0.15) is 5.56 Å². The van der Waals surface area contributed by atoms with E-state index in [1.54, 1.807) is 0 Å². The van der Waals surface area contributed by atoms with Gasteiger partial charge in [0.25, 0.3) is 0 Å². The molecule has 0 aliphatic carbocycles. The molecule has 1 aliphatic rings. The van der Waals surface area contributed by atoms with Crippen molar-refractivity contribution < 1.29 is 4.74 Å². The highest BCUT2D eigenvalue weighted by Gasteiger charge is 2.22. The van der Waals surface area contributed by atoms with Crippen LogP contribution in [0.15, 0.2) is 140 Å². The maximum absolute atomic E-state index is 9.68. The SMILES string of the molecule is N#Cc1ccc2c3c(cccc13)-c1ccc(-c3ccc4ccc5c(-c6ccc7ccccc7c6)ccc6ccc3c4c65)cc1O2. The summed E-state index contributed by atoms with van der Waals surface area (Å²) in [6.07, 6.45) is 0. The molecule has 0 saturated heterocycles. The number of hydrogen-bond acceptors (Lipinski definition) is 2. The summed E-state index contributed by atoms with van der Waals surface area (Å²) in [5.41, 5.74) is 7.60. The zero-order valence-corrected chi connectivity index (χ0v) is 24.1. The van der Waals surface area contributed by atoms with Crippen molar-refractivity contribution >= 4 is 53.9 Å². The monoisotopic (exact) mass is 569 g/mol. The summed E-state index contributed by atoms with van der Waals surface area (Å²) in [7, 11) is 0. The smallest absolute Gasteiger partial charge is 0.136 e. The lowest BCUT2D eigenvalue weighted by molar-refractivity contribution is 0.487. The Balaban J connectivity index is 1.17. The molecule has 206 valence electrons. The van der Waals surface area contributed by atoms with E-state index in [1.807, 2.05) is 24.3 Å². The van der Waals surface area contributed by atoms with Crippen LogP contribution in [0.2, 0.25) is 0 Å². The second-order valence-corrected chi connectivity index (χ2v) is 12.0. The van der Waals surface area contributed by atoms with Gasteiger partial charge in [0.1, 0.15) is 11.5 Å². The summed E-state index contributed by atoms with van der Waals surface area (Å²) in [5, 5.41) is 21.7. The molecule has 0 atom stereocenters. The third kappa shape index (κ3) is 3.38. The Bertz CT molecular complexity index is 2750. The third-order valence-electron chi connectivity index (χ3n) is 9.65. The van der Waals surface area contributed by atoms with Crippen molar-refractivity contribution in [3.05, 3.63) is 145 Å². The lowest BCUT2D eigenvalue weighted by atomic mass is 9.86. The fourth-order valence-electron chi connectivity index (χ4n) is 7.56. The highest BCUT2D eigenvalue weighted by atomic mass is 16.5. The number of nitrogens with zero attached hydrogens (tertiary/aromatic N) is 1. The third-order valence-corrected chi connectivity index (χ3v) is 9.65. The molecule has 0 unspecified atom stereocenters. The van der Waals surface area contributed by atoms with Crippen LogP contribution in [0.25, 0.3) is 87.2 Å². The molecule has 0 N–H and O–H groups in total. The molecular formula is C43H23NO. The first kappa shape index (κ1) is 24.3. The standard InChI is InChI=1S/C43H23NO/c44-24-31-15-21-39-43-34(31)6-3-7-36(43)35-18-14-30(23-40(35)45-39)33-17-11-27-12-19-37-32(16-10-26-13-20-38(33)42(27)41(26)37)29-9-8-25-4-1-2-5-28(25)22-29/h1-23H. The zero-order chi connectivity index (χ0) is 29.6. The van der Waals surface area contributed by atoms with E-state index in [0.717, 1.165) is 39.0 Å². The van der Waals surface area contributed by atoms with Crippen molar-refractivity contribution in [2.75, 3.05) is 0 Å². The van der Waals surface area contributed by atoms with Gasteiger partial charge in [0, 0.05) is 16.3 Å². The number of nitriles is 1. The molecule has 0 fully saturated rings. The first-order chi connectivity index (χ1) is 22.2. The second kappa shape index (κ2) is 8.92. The van der Waals surface area contributed by atoms with Crippen molar-refractivity contribution in [2.45, 2.75) is 0 Å². The molecule has 0 amide bonds. The van der Waals surface area contributed by atoms with Gasteiger partial charge in [0.05, 0.1) is 11.6 Å². The van der Waals surface area contributed by atoms with E-state index < -0.39 is 0 Å². The van der Waals surface area contributed by atoms with Crippen LogP contribution in [0.5, 0.6) is 11.5 Å². The normalized spacial score (nSPS) is 12.2. The highest BCUT2D eigenvalue weighted by Crippen LogP contribution is 2.49. The predicted molar refractivity (Wildman–Crippen MR) is 186 cm³/mol. The van der Waals surface area contributed by atoms with E-state index >= 15 is 0 Å². The quantitative estimate of drug-likeness (QED) is 0.194. The van der Waals surface area contributed by atoms with Crippen LogP contribution in [0.3, 0.4) is 0 Å². The van der Waals surface area contributed by atoms with E-state index in [2.05, 4.69) is 121 Å². The van der Waals surface area contributed by atoms with Gasteiger partial charge in [0.15, 0.2) is 0 Å². The van der Waals surface area contributed by atoms with Crippen LogP contribution in [0, 0.1) is 11.3 Å². The van der Waals surface area contributed by atoms with Crippen molar-refractivity contribution in [1.29, 1.82) is 5.26 Å². The summed E-state index contributed by atoms with van der Waals surface area (Å²) < 4.78 is 6.52. The molecule has 9 aromatic rings. The van der Waals surface area contributed by atoms with E-state index in [1.165, 1.54) is 59.8 Å². The molecule has 0 spiro atoms. The molecule has 2 heteroatoms. The number of rotatable bonds is 2. The van der Waals surface area contributed by atoms with Crippen LogP contribution < -0.4 is 4.74 Å². The van der Waals surface area contributed by atoms with Gasteiger partial charge in [-0.25, -0.2) is 0 Å². The molecule has 0 bridgehead atoms. The Morgan fingerprint density at radius 2 is 1.04 bits per heavy atom. The molecule has 45 heavy (non-hydrogen) atoms. The van der Waals surface area contributed by atoms with E-state index in [4.69, 9.17) is 4.74 Å². The number of fused-ring (bicyclic) bond motifs is 3. The Labute approximate surface area is 259 Å². The summed E-state index contributed by atoms with van der Waals surface area (Å²) in [6.45, 7) is 0. The van der Waals surface area contributed by atoms with Crippen molar-refractivity contribution in [2.24, 2.45) is 0 Å². The lowest BCUT2D eigenvalue weighted by Crippen LogP contribution is -1.98. The van der Waals surface area contributed by atoms with Crippen LogP contribution in [0.4, 0.5) is 0 Å². The molecular weight excluding hydrogens is 546 g/mol. The van der Waals surface area contributed by atoms with Gasteiger partial charge >= 0.3 is 0 Å². The average molecular weight is 570 g/mol. The van der Waals surface area contributed by atoms with Crippen molar-refractivity contribution in [3.63, 3.8) is 0 Å². The van der Waals surface area contributed by atoms with E-state index in [0.29, 0.717) is 5.56 Å². The first-order valence-electron chi connectivity index (χ1n) is 15.2. The molecule has 10 rings (SSSR count). The van der Waals surface area contributed by atoms with Gasteiger partial charge in [-0.2, -0.15) is 5.26 Å². The summed E-state index contributed by atoms with van der Waals surface area (Å²) in [4.78, 5) is 0. The Kier molecular flexibility index (Phi) is 4.82. The van der Waals surface area contributed by atoms with Crippen molar-refractivity contribution in [1.82, 2.24) is 0 Å². The van der Waals surface area contributed by atoms with Gasteiger partial charge in [0.2, 0.25) is 0 Å². The molecule has 0 radical (unpaired) electrons. The molecule has 2 nitrogen and oxygen atoms in total. The first-order valence-corrected chi connectivity index (χ1v) is 15.2. The summed E-state index contributed by atoms with van der Waals surface area (Å²) in [6, 6.07) is 52.2. The van der Waals surface area contributed by atoms with Crippen molar-refractivity contribution in [3.8, 4) is 50.9 Å². The van der Waals surface area contributed by atoms with Crippen LogP contribution >= 0.6 is 0 Å². The second-order valence-electron chi connectivity index (χ2n) is 12.0. The topological polar surface area (TPSA) is 33.0 Å². The number of hydrogen-bond donors (Lipinski definition) is 0. The van der Waals surface area contributed by atoms with Gasteiger partial charge in [-0.15, -0.1) is 0 Å². The Morgan fingerprint density at radius 1 is 0.400 bits per heavy atom. The van der Waals surface area contributed by atoms with E-state index in [-0.39, 0.29) is 0 Å². The van der Waals surface area contributed by atoms with E-state index in [9.17, 15) is 5.26 Å². The average Bonchev–Trinajstić information content (AvgIpc) is 3.10. The predicted octanol–water partition coefficient (Wildman–Crippen LogP) is 11.9. The maximum atomic E-state index is 9.68. The molecule has 0 aromatic heterocycles. The van der Waals surface area contributed by atoms with Gasteiger partial charge in [-0.05, 0) is 101 Å². The molecule has 0 saturated carbocycles. The lowest BCUT2D eigenvalue weighted by Gasteiger charge is -2.23.